The largest absolute Gasteiger partial charge is 0.319 e. The molecule has 0 unspecified atom stereocenters. The lowest BCUT2D eigenvalue weighted by molar-refractivity contribution is 0.255. The summed E-state index contributed by atoms with van der Waals surface area (Å²) >= 11 is 1.89. The second kappa shape index (κ2) is 4.91. The molecule has 2 fully saturated rings. The van der Waals surface area contributed by atoms with Crippen LogP contribution in [0.3, 0.4) is 0 Å². The van der Waals surface area contributed by atoms with Crippen LogP contribution in [0.5, 0.6) is 0 Å². The van der Waals surface area contributed by atoms with Crippen LogP contribution in [0.25, 0.3) is 0 Å². The van der Waals surface area contributed by atoms with Crippen LogP contribution in [-0.2, 0) is 5.41 Å². The lowest BCUT2D eigenvalue weighted by Crippen LogP contribution is -2.29. The number of nitrogens with zero attached hydrogens (tertiary/aromatic N) is 2. The van der Waals surface area contributed by atoms with E-state index in [0.717, 1.165) is 6.54 Å². The highest BCUT2D eigenvalue weighted by molar-refractivity contribution is 7.09. The zero-order valence-corrected chi connectivity index (χ0v) is 12.2. The van der Waals surface area contributed by atoms with Crippen LogP contribution in [0.2, 0.25) is 0 Å². The highest BCUT2D eigenvalue weighted by atomic mass is 32.1. The van der Waals surface area contributed by atoms with Crippen LogP contribution < -0.4 is 5.32 Å². The summed E-state index contributed by atoms with van der Waals surface area (Å²) < 4.78 is 0. The van der Waals surface area contributed by atoms with E-state index >= 15 is 0 Å². The van der Waals surface area contributed by atoms with E-state index in [4.69, 9.17) is 4.98 Å². The van der Waals surface area contributed by atoms with Gasteiger partial charge in [0.25, 0.3) is 0 Å². The van der Waals surface area contributed by atoms with Crippen molar-refractivity contribution in [2.75, 3.05) is 33.7 Å². The number of likely N-dealkylation sites (N-methyl/N-ethyl adjacent to an activating group) is 1. The van der Waals surface area contributed by atoms with Crippen molar-refractivity contribution in [1.29, 1.82) is 0 Å². The third-order valence-electron chi connectivity index (χ3n) is 4.50. The van der Waals surface area contributed by atoms with E-state index in [-0.39, 0.29) is 0 Å². The fourth-order valence-electron chi connectivity index (χ4n) is 2.99. The van der Waals surface area contributed by atoms with Crippen molar-refractivity contribution < 1.29 is 0 Å². The third-order valence-corrected chi connectivity index (χ3v) is 5.51. The molecule has 1 saturated heterocycles. The minimum absolute atomic E-state index is 0.384. The minimum Gasteiger partial charge on any atom is -0.319 e. The lowest BCUT2D eigenvalue weighted by Gasteiger charge is -2.27. The minimum atomic E-state index is 0.384. The Bertz CT molecular complexity index is 403. The average Bonchev–Trinajstić information content (AvgIpc) is 2.99. The third kappa shape index (κ3) is 2.33. The molecule has 1 aliphatic carbocycles. The SMILES string of the molecule is CNCC1(c2csc(C3CCN(C)CC3)n2)CC1. The maximum Gasteiger partial charge on any atom is 0.0960 e. The van der Waals surface area contributed by atoms with E-state index < -0.39 is 0 Å². The first-order valence-corrected chi connectivity index (χ1v) is 7.90. The maximum absolute atomic E-state index is 4.97. The normalized spacial score (nSPS) is 24.3. The summed E-state index contributed by atoms with van der Waals surface area (Å²) in [4.78, 5) is 7.40. The number of likely N-dealkylation sites (tertiary alicyclic amines) is 1. The van der Waals surface area contributed by atoms with E-state index in [1.807, 2.05) is 18.4 Å². The number of piperidine rings is 1. The first-order valence-electron chi connectivity index (χ1n) is 7.02. The van der Waals surface area contributed by atoms with Gasteiger partial charge in [-0.3, -0.25) is 0 Å². The number of aromatic nitrogens is 1. The van der Waals surface area contributed by atoms with Crippen molar-refractivity contribution in [2.45, 2.75) is 37.0 Å². The zero-order valence-electron chi connectivity index (χ0n) is 11.4. The Hall–Kier alpha value is -0.450. The summed E-state index contributed by atoms with van der Waals surface area (Å²) in [6.45, 7) is 3.53. The Morgan fingerprint density at radius 2 is 2.17 bits per heavy atom. The molecule has 2 heterocycles. The van der Waals surface area contributed by atoms with Crippen LogP contribution in [0.4, 0.5) is 0 Å². The molecule has 0 aromatic carbocycles. The van der Waals surface area contributed by atoms with Crippen molar-refractivity contribution in [3.8, 4) is 0 Å². The van der Waals surface area contributed by atoms with E-state index in [1.54, 1.807) is 0 Å². The second-order valence-corrected chi connectivity index (χ2v) is 6.85. The van der Waals surface area contributed by atoms with Gasteiger partial charge >= 0.3 is 0 Å². The standard InChI is InChI=1S/C14H23N3S/c1-15-10-14(5-6-14)12-9-18-13(16-12)11-3-7-17(2)8-4-11/h9,11,15H,3-8,10H2,1-2H3. The van der Waals surface area contributed by atoms with Crippen LogP contribution in [0, 0.1) is 0 Å². The Kier molecular flexibility index (Phi) is 3.43. The molecule has 0 spiro atoms. The topological polar surface area (TPSA) is 28.2 Å². The van der Waals surface area contributed by atoms with Gasteiger partial charge in [-0.25, -0.2) is 4.98 Å². The highest BCUT2D eigenvalue weighted by Crippen LogP contribution is 2.48. The lowest BCUT2D eigenvalue weighted by atomic mass is 9.97. The van der Waals surface area contributed by atoms with Crippen molar-refractivity contribution in [3.05, 3.63) is 16.1 Å². The Balaban J connectivity index is 1.70. The first kappa shape index (κ1) is 12.6. The molecule has 1 aromatic heterocycles. The summed E-state index contributed by atoms with van der Waals surface area (Å²) in [5, 5.41) is 7.03. The number of thiazole rings is 1. The fourth-order valence-corrected chi connectivity index (χ4v) is 4.10. The van der Waals surface area contributed by atoms with Gasteiger partial charge < -0.3 is 10.2 Å². The fraction of sp³-hybridized carbons (Fsp3) is 0.786. The molecule has 1 N–H and O–H groups in total. The van der Waals surface area contributed by atoms with Crippen molar-refractivity contribution in [2.24, 2.45) is 0 Å². The monoisotopic (exact) mass is 265 g/mol. The van der Waals surface area contributed by atoms with Gasteiger partial charge in [-0.05, 0) is 52.9 Å². The molecule has 1 aliphatic heterocycles. The van der Waals surface area contributed by atoms with Gasteiger partial charge in [0, 0.05) is 23.3 Å². The summed E-state index contributed by atoms with van der Waals surface area (Å²) in [7, 11) is 4.26. The Morgan fingerprint density at radius 3 is 2.78 bits per heavy atom. The number of nitrogens with one attached hydrogen (secondary N) is 1. The molecular weight excluding hydrogens is 242 g/mol. The summed E-state index contributed by atoms with van der Waals surface area (Å²) in [6, 6.07) is 0. The van der Waals surface area contributed by atoms with Crippen LogP contribution >= 0.6 is 11.3 Å². The molecule has 0 bridgehead atoms. The van der Waals surface area contributed by atoms with Gasteiger partial charge in [-0.2, -0.15) is 0 Å². The van der Waals surface area contributed by atoms with E-state index in [2.05, 4.69) is 22.6 Å². The van der Waals surface area contributed by atoms with Gasteiger partial charge in [0.2, 0.25) is 0 Å². The van der Waals surface area contributed by atoms with Crippen LogP contribution in [0.1, 0.15) is 42.3 Å². The molecule has 1 aromatic rings. The van der Waals surface area contributed by atoms with E-state index in [0.29, 0.717) is 11.3 Å². The van der Waals surface area contributed by atoms with Gasteiger partial charge in [0.15, 0.2) is 0 Å². The van der Waals surface area contributed by atoms with Crippen LogP contribution in [0.15, 0.2) is 5.38 Å². The molecule has 100 valence electrons. The number of rotatable bonds is 4. The molecule has 0 amide bonds. The van der Waals surface area contributed by atoms with Crippen molar-refractivity contribution in [3.63, 3.8) is 0 Å². The van der Waals surface area contributed by atoms with Gasteiger partial charge in [0.05, 0.1) is 10.7 Å². The zero-order chi connectivity index (χ0) is 12.6. The van der Waals surface area contributed by atoms with E-state index in [9.17, 15) is 0 Å². The quantitative estimate of drug-likeness (QED) is 0.904. The highest BCUT2D eigenvalue weighted by Gasteiger charge is 2.45. The molecule has 0 radical (unpaired) electrons. The van der Waals surface area contributed by atoms with Crippen molar-refractivity contribution >= 4 is 11.3 Å². The predicted octanol–water partition coefficient (Wildman–Crippen LogP) is 2.20. The number of hydrogen-bond acceptors (Lipinski definition) is 4. The number of hydrogen-bond donors (Lipinski definition) is 1. The molecule has 1 saturated carbocycles. The molecular formula is C14H23N3S. The smallest absolute Gasteiger partial charge is 0.0960 e. The van der Waals surface area contributed by atoms with Crippen molar-refractivity contribution in [1.82, 2.24) is 15.2 Å². The molecule has 2 aliphatic rings. The summed E-state index contributed by atoms with van der Waals surface area (Å²) in [5.41, 5.74) is 1.74. The molecule has 3 nitrogen and oxygen atoms in total. The molecule has 0 atom stereocenters. The summed E-state index contributed by atoms with van der Waals surface area (Å²) in [5.74, 6) is 0.713. The maximum atomic E-state index is 4.97. The van der Waals surface area contributed by atoms with Gasteiger partial charge in [-0.1, -0.05) is 0 Å². The average molecular weight is 265 g/mol. The molecule has 3 rings (SSSR count). The second-order valence-electron chi connectivity index (χ2n) is 5.96. The molecule has 4 heteroatoms. The summed E-state index contributed by atoms with van der Waals surface area (Å²) in [6.07, 6.45) is 5.18. The molecule has 18 heavy (non-hydrogen) atoms. The van der Waals surface area contributed by atoms with Gasteiger partial charge in [-0.15, -0.1) is 11.3 Å². The van der Waals surface area contributed by atoms with Crippen LogP contribution in [-0.4, -0.2) is 43.6 Å². The Labute approximate surface area is 114 Å². The Morgan fingerprint density at radius 1 is 1.44 bits per heavy atom. The predicted molar refractivity (Wildman–Crippen MR) is 76.4 cm³/mol. The van der Waals surface area contributed by atoms with Gasteiger partial charge in [0.1, 0.15) is 0 Å². The van der Waals surface area contributed by atoms with E-state index in [1.165, 1.54) is 49.5 Å². The first-order chi connectivity index (χ1) is 8.73.